The van der Waals surface area contributed by atoms with Crippen LogP contribution in [0.2, 0.25) is 0 Å². The molecule has 0 saturated carbocycles. The van der Waals surface area contributed by atoms with E-state index in [4.69, 9.17) is 8.76 Å². The summed E-state index contributed by atoms with van der Waals surface area (Å²) in [5.41, 5.74) is 0. The first-order valence-corrected chi connectivity index (χ1v) is 2.27. The second-order valence-corrected chi connectivity index (χ2v) is 1.27. The summed E-state index contributed by atoms with van der Waals surface area (Å²) < 4.78 is 16.6. The van der Waals surface area contributed by atoms with Crippen LogP contribution in [-0.2, 0) is 11.1 Å². The van der Waals surface area contributed by atoms with Crippen LogP contribution >= 0.6 is 0 Å². The van der Waals surface area contributed by atoms with Gasteiger partial charge in [-0.25, -0.2) is 4.21 Å². The molecule has 0 aliphatic rings. The fraction of sp³-hybridized carbons (Fsp3) is 1.00. The van der Waals surface area contributed by atoms with Crippen molar-refractivity contribution >= 4 is 60.0 Å². The Morgan fingerprint density at radius 3 is 1.80 bits per heavy atom. The van der Waals surface area contributed by atoms with Gasteiger partial charge in [-0.2, -0.15) is 0 Å². The second-order valence-electron chi connectivity index (χ2n) is 0.424. The van der Waals surface area contributed by atoms with Gasteiger partial charge >= 0.3 is 48.9 Å². The van der Waals surface area contributed by atoms with E-state index < -0.39 is 11.1 Å². The van der Waals surface area contributed by atoms with Crippen LogP contribution in [0.25, 0.3) is 0 Å². The number of hydrogen-bond acceptors (Lipinski definition) is 1. The number of rotatable bonds is 0. The van der Waals surface area contributed by atoms with Crippen molar-refractivity contribution in [3.63, 3.8) is 0 Å². The molecule has 0 aromatic heterocycles. The molecule has 0 fully saturated rings. The summed E-state index contributed by atoms with van der Waals surface area (Å²) in [4.78, 5) is 0. The maximum atomic E-state index is 9.11. The first-order chi connectivity index (χ1) is 1.73. The van der Waals surface area contributed by atoms with Crippen molar-refractivity contribution in [3.05, 3.63) is 0 Å². The normalized spacial score (nSPS) is 12.4. The zero-order chi connectivity index (χ0) is 3.58. The molecular formula is CH6BaO2S. The first kappa shape index (κ1) is 9.84. The van der Waals surface area contributed by atoms with E-state index in [1.165, 1.54) is 6.26 Å². The van der Waals surface area contributed by atoms with E-state index in [2.05, 4.69) is 0 Å². The summed E-state index contributed by atoms with van der Waals surface area (Å²) in [5, 5.41) is 0. The van der Waals surface area contributed by atoms with Crippen LogP contribution in [0.15, 0.2) is 0 Å². The molecule has 2 nitrogen and oxygen atoms in total. The van der Waals surface area contributed by atoms with Gasteiger partial charge in [0.1, 0.15) is 11.1 Å². The molecule has 1 unspecified atom stereocenters. The van der Waals surface area contributed by atoms with E-state index in [1.807, 2.05) is 0 Å². The third kappa shape index (κ3) is 27.2. The fourth-order valence-corrected chi connectivity index (χ4v) is 0. The Labute approximate surface area is 73.7 Å². The average Bonchev–Trinajstić information content (AvgIpc) is 0.811. The molecule has 1 N–H and O–H groups in total. The van der Waals surface area contributed by atoms with Crippen molar-refractivity contribution in [2.75, 3.05) is 6.26 Å². The molecule has 0 aliphatic heterocycles. The Morgan fingerprint density at radius 2 is 1.80 bits per heavy atom. The molecule has 0 bridgehead atoms. The van der Waals surface area contributed by atoms with Crippen LogP contribution in [-0.4, -0.2) is 63.9 Å². The van der Waals surface area contributed by atoms with E-state index >= 15 is 0 Å². The zero-order valence-corrected chi connectivity index (χ0v) is 3.08. The Kier molecular flexibility index (Phi) is 11.2. The van der Waals surface area contributed by atoms with Crippen LogP contribution in [0.1, 0.15) is 0 Å². The Balaban J connectivity index is 0. The van der Waals surface area contributed by atoms with Crippen LogP contribution < -0.4 is 0 Å². The van der Waals surface area contributed by atoms with E-state index in [0.717, 1.165) is 0 Å². The summed E-state index contributed by atoms with van der Waals surface area (Å²) >= 11 is -1.61. The monoisotopic (exact) mass is 220 g/mol. The summed E-state index contributed by atoms with van der Waals surface area (Å²) in [6.07, 6.45) is 1.19. The Morgan fingerprint density at radius 1 is 1.80 bits per heavy atom. The topological polar surface area (TPSA) is 37.3 Å². The van der Waals surface area contributed by atoms with Crippen molar-refractivity contribution < 1.29 is 8.76 Å². The number of hydrogen-bond donors (Lipinski definition) is 1. The minimum absolute atomic E-state index is 0. The molecular weight excluding hydrogens is 213 g/mol. The van der Waals surface area contributed by atoms with Gasteiger partial charge in [0, 0.05) is 6.26 Å². The summed E-state index contributed by atoms with van der Waals surface area (Å²) in [6.45, 7) is 0. The molecule has 0 aliphatic carbocycles. The van der Waals surface area contributed by atoms with Gasteiger partial charge in [0.05, 0.1) is 0 Å². The van der Waals surface area contributed by atoms with Crippen molar-refractivity contribution in [1.82, 2.24) is 0 Å². The predicted molar refractivity (Wildman–Crippen MR) is 25.2 cm³/mol. The Bertz CT molecular complexity index is 32.6. The van der Waals surface area contributed by atoms with Gasteiger partial charge in [0.2, 0.25) is 0 Å². The second kappa shape index (κ2) is 5.68. The third-order valence-electron chi connectivity index (χ3n) is 0. The molecule has 0 saturated heterocycles. The Hall–Kier alpha value is 1.68. The molecule has 1 atom stereocenters. The van der Waals surface area contributed by atoms with Crippen molar-refractivity contribution in [2.24, 2.45) is 0 Å². The van der Waals surface area contributed by atoms with Crippen molar-refractivity contribution in [3.8, 4) is 0 Å². The molecule has 0 aromatic rings. The molecule has 0 amide bonds. The predicted octanol–water partition coefficient (Wildman–Crippen LogP) is -1.08. The van der Waals surface area contributed by atoms with Crippen molar-refractivity contribution in [1.29, 1.82) is 0 Å². The SMILES string of the molecule is CS(=O)O.[BaH2]. The van der Waals surface area contributed by atoms with Crippen LogP contribution in [0.3, 0.4) is 0 Å². The van der Waals surface area contributed by atoms with Crippen molar-refractivity contribution in [2.45, 2.75) is 0 Å². The van der Waals surface area contributed by atoms with Gasteiger partial charge < -0.3 is 4.55 Å². The molecule has 0 rings (SSSR count). The van der Waals surface area contributed by atoms with Gasteiger partial charge in [-0.1, -0.05) is 0 Å². The van der Waals surface area contributed by atoms with Gasteiger partial charge in [-0.3, -0.25) is 0 Å². The quantitative estimate of drug-likeness (QED) is 0.416. The first-order valence-electron chi connectivity index (χ1n) is 0.757. The van der Waals surface area contributed by atoms with Crippen LogP contribution in [0.5, 0.6) is 0 Å². The molecule has 0 aromatic carbocycles. The van der Waals surface area contributed by atoms with E-state index in [1.54, 1.807) is 0 Å². The zero-order valence-electron chi connectivity index (χ0n) is 2.26. The van der Waals surface area contributed by atoms with E-state index in [-0.39, 0.29) is 48.9 Å². The molecule has 0 radical (unpaired) electrons. The van der Waals surface area contributed by atoms with Gasteiger partial charge in [-0.15, -0.1) is 0 Å². The third-order valence-corrected chi connectivity index (χ3v) is 0. The summed E-state index contributed by atoms with van der Waals surface area (Å²) in [5.74, 6) is 0. The summed E-state index contributed by atoms with van der Waals surface area (Å²) in [6, 6.07) is 0. The minimum atomic E-state index is -1.61. The van der Waals surface area contributed by atoms with Crippen LogP contribution in [0, 0.1) is 0 Å². The summed E-state index contributed by atoms with van der Waals surface area (Å²) in [7, 11) is 0. The molecule has 4 heteroatoms. The standard InChI is InChI=1S/CH4O2S.Ba.2H/c1-4(2)3;;;/h1H3,(H,2,3);;;. The maximum absolute atomic E-state index is 9.11. The molecule has 0 heterocycles. The van der Waals surface area contributed by atoms with Gasteiger partial charge in [0.15, 0.2) is 0 Å². The van der Waals surface area contributed by atoms with Gasteiger partial charge in [-0.05, 0) is 0 Å². The molecule has 5 heavy (non-hydrogen) atoms. The molecule has 0 spiro atoms. The van der Waals surface area contributed by atoms with E-state index in [9.17, 15) is 0 Å². The molecule has 30 valence electrons. The van der Waals surface area contributed by atoms with E-state index in [0.29, 0.717) is 0 Å². The fourth-order valence-electron chi connectivity index (χ4n) is 0. The average molecular weight is 219 g/mol. The van der Waals surface area contributed by atoms with Crippen LogP contribution in [0.4, 0.5) is 0 Å². The van der Waals surface area contributed by atoms with Gasteiger partial charge in [0.25, 0.3) is 0 Å².